The van der Waals surface area contributed by atoms with Crippen molar-refractivity contribution >= 4 is 22.1 Å². The summed E-state index contributed by atoms with van der Waals surface area (Å²) in [6.07, 6.45) is 3.92. The molecule has 0 amide bonds. The molecule has 1 aliphatic heterocycles. The molecule has 0 unspecified atom stereocenters. The van der Waals surface area contributed by atoms with E-state index in [1.807, 2.05) is 64.6 Å². The van der Waals surface area contributed by atoms with Gasteiger partial charge >= 0.3 is 0 Å². The van der Waals surface area contributed by atoms with Gasteiger partial charge in [-0.15, -0.1) is 0 Å². The minimum atomic E-state index is 0.721. The third-order valence-corrected chi connectivity index (χ3v) is 4.70. The topological polar surface area (TPSA) is 42.7 Å². The largest absolute Gasteiger partial charge is 0.378 e. The average Bonchev–Trinajstić information content (AvgIpc) is 3.12. The third kappa shape index (κ3) is 3.86. The summed E-state index contributed by atoms with van der Waals surface area (Å²) in [7, 11) is 0. The van der Waals surface area contributed by atoms with Gasteiger partial charge in [0, 0.05) is 21.8 Å². The quantitative estimate of drug-likeness (QED) is 0.611. The lowest BCUT2D eigenvalue weighted by atomic mass is 10.1. The van der Waals surface area contributed by atoms with Gasteiger partial charge in [-0.05, 0) is 24.3 Å². The van der Waals surface area contributed by atoms with Crippen LogP contribution in [-0.4, -0.2) is 47.3 Å². The highest BCUT2D eigenvalue weighted by Crippen LogP contribution is 2.25. The van der Waals surface area contributed by atoms with Crippen molar-refractivity contribution in [2.45, 2.75) is 0 Å². The van der Waals surface area contributed by atoms with Crippen molar-refractivity contribution < 1.29 is 4.74 Å². The highest BCUT2D eigenvalue weighted by Gasteiger charge is 2.13. The number of para-hydroxylation sites is 1. The fourth-order valence-electron chi connectivity index (χ4n) is 2.87. The van der Waals surface area contributed by atoms with Crippen molar-refractivity contribution in [3.8, 4) is 16.9 Å². The molecule has 6 heteroatoms. The zero-order valence-corrected chi connectivity index (χ0v) is 15.8. The molecule has 1 aliphatic rings. The molecule has 0 aliphatic carbocycles. The van der Waals surface area contributed by atoms with Crippen LogP contribution in [0, 0.1) is 0 Å². The summed E-state index contributed by atoms with van der Waals surface area (Å²) >= 11 is 3.55. The fraction of sp³-hybridized carbons (Fsp3) is 0.200. The summed E-state index contributed by atoms with van der Waals surface area (Å²) in [5, 5.41) is 11.5. The van der Waals surface area contributed by atoms with Crippen LogP contribution in [0.3, 0.4) is 0 Å². The van der Waals surface area contributed by atoms with Gasteiger partial charge in [-0.2, -0.15) is 10.2 Å². The SMILES string of the molecule is Brc1cccc(-c2nn(-c3ccccc3)cc2/C=N\N2CCOCC2)c1. The third-order valence-electron chi connectivity index (χ3n) is 4.21. The van der Waals surface area contributed by atoms with Gasteiger partial charge in [0.15, 0.2) is 0 Å². The number of hydrazone groups is 1. The van der Waals surface area contributed by atoms with E-state index in [0.717, 1.165) is 53.3 Å². The first-order valence-electron chi connectivity index (χ1n) is 8.57. The Morgan fingerprint density at radius 2 is 1.85 bits per heavy atom. The second-order valence-corrected chi connectivity index (χ2v) is 6.95. The maximum atomic E-state index is 5.38. The van der Waals surface area contributed by atoms with Crippen molar-refractivity contribution in [3.63, 3.8) is 0 Å². The predicted octanol–water partition coefficient (Wildman–Crippen LogP) is 3.97. The van der Waals surface area contributed by atoms with Crippen molar-refractivity contribution in [3.05, 3.63) is 70.8 Å². The van der Waals surface area contributed by atoms with E-state index in [4.69, 9.17) is 9.84 Å². The standard InChI is InChI=1S/C20H19BrN4O/c21-18-6-4-5-16(13-18)20-17(14-22-24-9-11-26-12-10-24)15-25(23-20)19-7-2-1-3-8-19/h1-8,13-15H,9-12H2/b22-14-. The van der Waals surface area contributed by atoms with Gasteiger partial charge in [0.25, 0.3) is 0 Å². The molecule has 0 spiro atoms. The predicted molar refractivity (Wildman–Crippen MR) is 107 cm³/mol. The molecule has 2 heterocycles. The second-order valence-electron chi connectivity index (χ2n) is 6.03. The summed E-state index contributed by atoms with van der Waals surface area (Å²) < 4.78 is 8.31. The van der Waals surface area contributed by atoms with Gasteiger partial charge in [0.2, 0.25) is 0 Å². The number of hydrogen-bond donors (Lipinski definition) is 0. The van der Waals surface area contributed by atoms with Crippen LogP contribution in [0.2, 0.25) is 0 Å². The lowest BCUT2D eigenvalue weighted by Gasteiger charge is -2.23. The van der Waals surface area contributed by atoms with E-state index in [9.17, 15) is 0 Å². The molecule has 1 saturated heterocycles. The maximum absolute atomic E-state index is 5.38. The zero-order valence-electron chi connectivity index (χ0n) is 14.3. The summed E-state index contributed by atoms with van der Waals surface area (Å²) in [4.78, 5) is 0. The molecule has 0 bridgehead atoms. The Labute approximate surface area is 161 Å². The smallest absolute Gasteiger partial charge is 0.102 e. The van der Waals surface area contributed by atoms with Gasteiger partial charge in [0.1, 0.15) is 5.69 Å². The van der Waals surface area contributed by atoms with E-state index in [0.29, 0.717) is 0 Å². The Bertz CT molecular complexity index is 901. The molecule has 4 rings (SSSR count). The van der Waals surface area contributed by atoms with Crippen LogP contribution in [0.5, 0.6) is 0 Å². The normalized spacial score (nSPS) is 14.9. The number of rotatable bonds is 4. The highest BCUT2D eigenvalue weighted by molar-refractivity contribution is 9.10. The Morgan fingerprint density at radius 3 is 2.62 bits per heavy atom. The summed E-state index contributed by atoms with van der Waals surface area (Å²) in [5.41, 5.74) is 3.97. The maximum Gasteiger partial charge on any atom is 0.102 e. The number of nitrogens with zero attached hydrogens (tertiary/aromatic N) is 4. The Balaban J connectivity index is 1.72. The zero-order chi connectivity index (χ0) is 17.8. The fourth-order valence-corrected chi connectivity index (χ4v) is 3.27. The molecule has 0 atom stereocenters. The number of morpholine rings is 1. The molecular formula is C20H19BrN4O. The van der Waals surface area contributed by atoms with E-state index in [1.165, 1.54) is 0 Å². The molecular weight excluding hydrogens is 392 g/mol. The van der Waals surface area contributed by atoms with Crippen LogP contribution in [0.4, 0.5) is 0 Å². The van der Waals surface area contributed by atoms with Gasteiger partial charge in [-0.3, -0.25) is 5.01 Å². The van der Waals surface area contributed by atoms with Crippen molar-refractivity contribution in [2.75, 3.05) is 26.3 Å². The average molecular weight is 411 g/mol. The van der Waals surface area contributed by atoms with E-state index in [-0.39, 0.29) is 0 Å². The first-order valence-corrected chi connectivity index (χ1v) is 9.36. The van der Waals surface area contributed by atoms with Crippen LogP contribution in [0.25, 0.3) is 16.9 Å². The molecule has 0 saturated carbocycles. The highest BCUT2D eigenvalue weighted by atomic mass is 79.9. The lowest BCUT2D eigenvalue weighted by Crippen LogP contribution is -2.32. The molecule has 2 aromatic carbocycles. The van der Waals surface area contributed by atoms with Crippen LogP contribution < -0.4 is 0 Å². The summed E-state index contributed by atoms with van der Waals surface area (Å²) in [6.45, 7) is 3.07. The van der Waals surface area contributed by atoms with Crippen molar-refractivity contribution in [2.24, 2.45) is 5.10 Å². The van der Waals surface area contributed by atoms with E-state index < -0.39 is 0 Å². The first-order chi connectivity index (χ1) is 12.8. The Hall–Kier alpha value is -2.44. The molecule has 0 radical (unpaired) electrons. The van der Waals surface area contributed by atoms with Crippen molar-refractivity contribution in [1.82, 2.24) is 14.8 Å². The molecule has 132 valence electrons. The van der Waals surface area contributed by atoms with E-state index in [2.05, 4.69) is 33.2 Å². The van der Waals surface area contributed by atoms with E-state index >= 15 is 0 Å². The second kappa shape index (κ2) is 7.85. The number of hydrogen-bond acceptors (Lipinski definition) is 4. The summed E-state index contributed by atoms with van der Waals surface area (Å²) in [5.74, 6) is 0. The number of ether oxygens (including phenoxy) is 1. The number of halogens is 1. The first kappa shape index (κ1) is 17.0. The molecule has 1 aromatic heterocycles. The van der Waals surface area contributed by atoms with Crippen molar-refractivity contribution in [1.29, 1.82) is 0 Å². The Kier molecular flexibility index (Phi) is 5.13. The molecule has 1 fully saturated rings. The van der Waals surface area contributed by atoms with Crippen LogP contribution in [0.1, 0.15) is 5.56 Å². The van der Waals surface area contributed by atoms with Gasteiger partial charge in [-0.1, -0.05) is 46.3 Å². The number of benzene rings is 2. The van der Waals surface area contributed by atoms with Gasteiger partial charge in [-0.25, -0.2) is 4.68 Å². The minimum absolute atomic E-state index is 0.721. The summed E-state index contributed by atoms with van der Waals surface area (Å²) in [6, 6.07) is 18.3. The molecule has 5 nitrogen and oxygen atoms in total. The van der Waals surface area contributed by atoms with Crippen LogP contribution >= 0.6 is 15.9 Å². The van der Waals surface area contributed by atoms with E-state index in [1.54, 1.807) is 0 Å². The van der Waals surface area contributed by atoms with Gasteiger partial charge in [0.05, 0.1) is 38.2 Å². The molecule has 0 N–H and O–H groups in total. The minimum Gasteiger partial charge on any atom is -0.378 e. The lowest BCUT2D eigenvalue weighted by molar-refractivity contribution is 0.0397. The van der Waals surface area contributed by atoms with Crippen LogP contribution in [0.15, 0.2) is 70.4 Å². The Morgan fingerprint density at radius 1 is 1.04 bits per heavy atom. The molecule has 3 aromatic rings. The monoisotopic (exact) mass is 410 g/mol. The molecule has 26 heavy (non-hydrogen) atoms. The van der Waals surface area contributed by atoms with Gasteiger partial charge < -0.3 is 4.74 Å². The number of aromatic nitrogens is 2. The van der Waals surface area contributed by atoms with Crippen LogP contribution in [-0.2, 0) is 4.74 Å².